The first-order chi connectivity index (χ1) is 9.61. The first-order valence-corrected chi connectivity index (χ1v) is 6.13. The highest BCUT2D eigenvalue weighted by Crippen LogP contribution is 2.32. The van der Waals surface area contributed by atoms with Crippen LogP contribution in [-0.2, 0) is 0 Å². The Labute approximate surface area is 117 Å². The Balaban J connectivity index is 2.41. The summed E-state index contributed by atoms with van der Waals surface area (Å²) in [5.74, 6) is -0.235. The molecule has 0 saturated carbocycles. The summed E-state index contributed by atoms with van der Waals surface area (Å²) in [5, 5.41) is 22.7. The summed E-state index contributed by atoms with van der Waals surface area (Å²) in [6, 6.07) is 4.65. The first kappa shape index (κ1) is 13.7. The minimum atomic E-state index is -0.565. The van der Waals surface area contributed by atoms with Crippen LogP contribution in [0.2, 0.25) is 0 Å². The molecule has 102 valence electrons. The number of aromatic nitrogens is 2. The highest BCUT2D eigenvalue weighted by atomic mass is 32.2. The van der Waals surface area contributed by atoms with Gasteiger partial charge in [0.25, 0.3) is 0 Å². The maximum absolute atomic E-state index is 11.1. The van der Waals surface area contributed by atoms with E-state index >= 15 is 0 Å². The number of amidine groups is 1. The largest absolute Gasteiger partial charge is 0.409 e. The van der Waals surface area contributed by atoms with Gasteiger partial charge < -0.3 is 10.9 Å². The number of rotatable bonds is 4. The first-order valence-electron chi connectivity index (χ1n) is 5.32. The molecule has 0 radical (unpaired) electrons. The lowest BCUT2D eigenvalue weighted by Crippen LogP contribution is -2.14. The van der Waals surface area contributed by atoms with Crippen LogP contribution in [0.3, 0.4) is 0 Å². The molecule has 0 aromatic carbocycles. The van der Waals surface area contributed by atoms with Crippen LogP contribution < -0.4 is 5.73 Å². The van der Waals surface area contributed by atoms with Gasteiger partial charge >= 0.3 is 5.69 Å². The molecule has 20 heavy (non-hydrogen) atoms. The number of pyridine rings is 2. The highest BCUT2D eigenvalue weighted by molar-refractivity contribution is 7.99. The van der Waals surface area contributed by atoms with E-state index in [9.17, 15) is 10.1 Å². The molecule has 0 saturated heterocycles. The molecule has 0 atom stereocenters. The van der Waals surface area contributed by atoms with Crippen LogP contribution in [0, 0.1) is 10.1 Å². The van der Waals surface area contributed by atoms with Crippen LogP contribution in [0.1, 0.15) is 5.56 Å². The lowest BCUT2D eigenvalue weighted by atomic mass is 10.2. The third-order valence-corrected chi connectivity index (χ3v) is 3.31. The molecule has 0 aliphatic carbocycles. The average molecular weight is 291 g/mol. The molecule has 0 unspecified atom stereocenters. The predicted molar refractivity (Wildman–Crippen MR) is 71.8 cm³/mol. The van der Waals surface area contributed by atoms with Crippen LogP contribution in [-0.4, -0.2) is 25.9 Å². The fourth-order valence-electron chi connectivity index (χ4n) is 1.37. The number of nitro groups is 1. The van der Waals surface area contributed by atoms with Gasteiger partial charge in [0.15, 0.2) is 10.9 Å². The zero-order valence-corrected chi connectivity index (χ0v) is 10.8. The summed E-state index contributed by atoms with van der Waals surface area (Å²) >= 11 is 1.13. The summed E-state index contributed by atoms with van der Waals surface area (Å²) in [7, 11) is 0. The molecule has 2 aromatic rings. The van der Waals surface area contributed by atoms with Gasteiger partial charge in [0.2, 0.25) is 0 Å². The maximum atomic E-state index is 11.1. The van der Waals surface area contributed by atoms with Crippen LogP contribution in [0.25, 0.3) is 0 Å². The quantitative estimate of drug-likeness (QED) is 0.288. The summed E-state index contributed by atoms with van der Waals surface area (Å²) in [6.07, 6.45) is 4.48. The van der Waals surface area contributed by atoms with Gasteiger partial charge in [-0.3, -0.25) is 15.1 Å². The second-order valence-corrected chi connectivity index (χ2v) is 4.64. The van der Waals surface area contributed by atoms with Crippen LogP contribution in [0.4, 0.5) is 5.69 Å². The SMILES string of the molecule is N/C(=N/O)c1cnc(Sc2ccncc2)c([N+](=O)[O-])c1. The van der Waals surface area contributed by atoms with Gasteiger partial charge in [-0.15, -0.1) is 0 Å². The Bertz CT molecular complexity index is 662. The molecule has 3 N–H and O–H groups in total. The molecule has 0 amide bonds. The molecular weight excluding hydrogens is 282 g/mol. The van der Waals surface area contributed by atoms with Crippen molar-refractivity contribution in [3.05, 3.63) is 52.5 Å². The van der Waals surface area contributed by atoms with Crippen molar-refractivity contribution in [1.29, 1.82) is 0 Å². The third kappa shape index (κ3) is 3.01. The topological polar surface area (TPSA) is 128 Å². The monoisotopic (exact) mass is 291 g/mol. The van der Waals surface area contributed by atoms with E-state index in [4.69, 9.17) is 10.9 Å². The van der Waals surface area contributed by atoms with E-state index < -0.39 is 4.92 Å². The average Bonchev–Trinajstić information content (AvgIpc) is 2.47. The number of nitrogens with two attached hydrogens (primary N) is 1. The Kier molecular flexibility index (Phi) is 4.11. The zero-order chi connectivity index (χ0) is 14.5. The molecule has 2 heterocycles. The lowest BCUT2D eigenvalue weighted by molar-refractivity contribution is -0.388. The Morgan fingerprint density at radius 1 is 1.45 bits per heavy atom. The number of oxime groups is 1. The van der Waals surface area contributed by atoms with E-state index in [0.717, 1.165) is 16.7 Å². The van der Waals surface area contributed by atoms with E-state index in [1.165, 1.54) is 12.3 Å². The maximum Gasteiger partial charge on any atom is 0.302 e. The number of hydrogen-bond acceptors (Lipinski definition) is 7. The second kappa shape index (κ2) is 5.97. The summed E-state index contributed by atoms with van der Waals surface area (Å²) in [4.78, 5) is 19.1. The molecule has 8 nitrogen and oxygen atoms in total. The molecule has 2 rings (SSSR count). The predicted octanol–water partition coefficient (Wildman–Crippen LogP) is 1.63. The van der Waals surface area contributed by atoms with E-state index in [2.05, 4.69) is 15.1 Å². The molecule has 0 bridgehead atoms. The van der Waals surface area contributed by atoms with Crippen LogP contribution in [0.5, 0.6) is 0 Å². The van der Waals surface area contributed by atoms with Gasteiger partial charge in [-0.1, -0.05) is 16.9 Å². The Hall–Kier alpha value is -2.68. The standard InChI is InChI=1S/C11H9N5O3S/c12-10(15-17)7-5-9(16(18)19)11(14-6-7)20-8-1-3-13-4-2-8/h1-6,17H,(H2,12,15). The summed E-state index contributed by atoms with van der Waals surface area (Å²) in [5.41, 5.74) is 5.36. The van der Waals surface area contributed by atoms with Crippen molar-refractivity contribution in [1.82, 2.24) is 9.97 Å². The van der Waals surface area contributed by atoms with Crippen molar-refractivity contribution in [2.24, 2.45) is 10.9 Å². The Morgan fingerprint density at radius 3 is 2.75 bits per heavy atom. The molecule has 9 heteroatoms. The van der Waals surface area contributed by atoms with Gasteiger partial charge in [-0.25, -0.2) is 4.98 Å². The van der Waals surface area contributed by atoms with Crippen molar-refractivity contribution in [2.75, 3.05) is 0 Å². The smallest absolute Gasteiger partial charge is 0.302 e. The normalized spacial score (nSPS) is 11.3. The molecule has 0 spiro atoms. The molecule has 0 fully saturated rings. The zero-order valence-electron chi connectivity index (χ0n) is 10.0. The van der Waals surface area contributed by atoms with E-state index in [1.54, 1.807) is 24.5 Å². The minimum Gasteiger partial charge on any atom is -0.409 e. The summed E-state index contributed by atoms with van der Waals surface area (Å²) in [6.45, 7) is 0. The van der Waals surface area contributed by atoms with Crippen molar-refractivity contribution in [3.63, 3.8) is 0 Å². The number of hydrogen-bond donors (Lipinski definition) is 2. The fourth-order valence-corrected chi connectivity index (χ4v) is 2.19. The lowest BCUT2D eigenvalue weighted by Gasteiger charge is -2.04. The molecular formula is C11H9N5O3S. The summed E-state index contributed by atoms with van der Waals surface area (Å²) < 4.78 is 0. The van der Waals surface area contributed by atoms with E-state index in [-0.39, 0.29) is 22.1 Å². The van der Waals surface area contributed by atoms with Crippen molar-refractivity contribution in [2.45, 2.75) is 9.92 Å². The molecule has 0 aliphatic heterocycles. The Morgan fingerprint density at radius 2 is 2.15 bits per heavy atom. The van der Waals surface area contributed by atoms with Gasteiger partial charge in [0.1, 0.15) is 0 Å². The molecule has 2 aromatic heterocycles. The van der Waals surface area contributed by atoms with Crippen molar-refractivity contribution < 1.29 is 10.1 Å². The van der Waals surface area contributed by atoms with E-state index in [0.29, 0.717) is 0 Å². The van der Waals surface area contributed by atoms with Crippen molar-refractivity contribution >= 4 is 23.3 Å². The minimum absolute atomic E-state index is 0.179. The molecule has 0 aliphatic rings. The third-order valence-electron chi connectivity index (χ3n) is 2.30. The van der Waals surface area contributed by atoms with Crippen molar-refractivity contribution in [3.8, 4) is 0 Å². The number of nitrogens with zero attached hydrogens (tertiary/aromatic N) is 4. The van der Waals surface area contributed by atoms with Crippen LogP contribution in [0.15, 0.2) is 51.9 Å². The van der Waals surface area contributed by atoms with Gasteiger partial charge in [0.05, 0.1) is 4.92 Å². The van der Waals surface area contributed by atoms with Gasteiger partial charge in [-0.05, 0) is 12.1 Å². The van der Waals surface area contributed by atoms with Crippen LogP contribution >= 0.6 is 11.8 Å². The highest BCUT2D eigenvalue weighted by Gasteiger charge is 2.18. The van der Waals surface area contributed by atoms with E-state index in [1.807, 2.05) is 0 Å². The van der Waals surface area contributed by atoms with Gasteiger partial charge in [0, 0.05) is 35.1 Å². The van der Waals surface area contributed by atoms with Gasteiger partial charge in [-0.2, -0.15) is 0 Å². The second-order valence-electron chi connectivity index (χ2n) is 3.58. The fraction of sp³-hybridized carbons (Fsp3) is 0.